The fourth-order valence-corrected chi connectivity index (χ4v) is 3.21. The van der Waals surface area contributed by atoms with Crippen LogP contribution in [0.1, 0.15) is 17.0 Å². The lowest BCUT2D eigenvalue weighted by Crippen LogP contribution is -2.03. The maximum absolute atomic E-state index is 10.1. The Labute approximate surface area is 162 Å². The quantitative estimate of drug-likeness (QED) is 0.525. The average Bonchev–Trinajstić information content (AvgIpc) is 3.05. The van der Waals surface area contributed by atoms with E-state index in [9.17, 15) is 5.11 Å². The van der Waals surface area contributed by atoms with E-state index in [0.717, 1.165) is 28.0 Å². The number of halogens is 1. The van der Waals surface area contributed by atoms with Crippen LogP contribution in [0, 0.1) is 6.92 Å². The number of rotatable bonds is 5. The molecule has 0 bridgehead atoms. The summed E-state index contributed by atoms with van der Waals surface area (Å²) in [6.07, 6.45) is 1.78. The summed E-state index contributed by atoms with van der Waals surface area (Å²) in [7, 11) is 0. The van der Waals surface area contributed by atoms with Crippen LogP contribution in [0.15, 0.2) is 60.9 Å². The van der Waals surface area contributed by atoms with Gasteiger partial charge in [-0.05, 0) is 55.0 Å². The molecule has 0 aliphatic carbocycles. The van der Waals surface area contributed by atoms with E-state index in [1.165, 1.54) is 0 Å². The van der Waals surface area contributed by atoms with Gasteiger partial charge in [0.05, 0.1) is 23.9 Å². The van der Waals surface area contributed by atoms with Crippen molar-refractivity contribution in [3.8, 4) is 5.75 Å². The molecular weight excluding hydrogens is 360 g/mol. The largest absolute Gasteiger partial charge is 0.506 e. The minimum Gasteiger partial charge on any atom is -0.506 e. The molecule has 0 aliphatic heterocycles. The smallest absolute Gasteiger partial charge is 0.138 e. The van der Waals surface area contributed by atoms with Crippen molar-refractivity contribution in [2.45, 2.75) is 20.0 Å². The van der Waals surface area contributed by atoms with Gasteiger partial charge in [-0.2, -0.15) is 0 Å². The van der Waals surface area contributed by atoms with Gasteiger partial charge in [0, 0.05) is 22.9 Å². The van der Waals surface area contributed by atoms with Crippen LogP contribution in [0.5, 0.6) is 5.75 Å². The predicted molar refractivity (Wildman–Crippen MR) is 108 cm³/mol. The summed E-state index contributed by atoms with van der Waals surface area (Å²) in [5.41, 5.74) is 5.53. The number of pyridine rings is 1. The Morgan fingerprint density at radius 1 is 1.11 bits per heavy atom. The molecule has 2 heterocycles. The molecule has 0 aliphatic rings. The van der Waals surface area contributed by atoms with Crippen molar-refractivity contribution in [3.05, 3.63) is 82.9 Å². The van der Waals surface area contributed by atoms with Gasteiger partial charge in [0.15, 0.2) is 0 Å². The number of nitrogens with one attached hydrogen (secondary N) is 1. The number of hydrogen-bond acceptors (Lipinski definition) is 4. The topological polar surface area (TPSA) is 63.0 Å². The maximum Gasteiger partial charge on any atom is 0.138 e. The highest BCUT2D eigenvalue weighted by atomic mass is 35.5. The van der Waals surface area contributed by atoms with Gasteiger partial charge in [0.2, 0.25) is 0 Å². The predicted octanol–water partition coefficient (Wildman–Crippen LogP) is 4.76. The van der Waals surface area contributed by atoms with Crippen LogP contribution in [0.4, 0.5) is 5.69 Å². The number of aromatic nitrogens is 3. The minimum atomic E-state index is 0.196. The van der Waals surface area contributed by atoms with E-state index in [1.54, 1.807) is 18.5 Å². The minimum absolute atomic E-state index is 0.196. The number of aromatic hydroxyl groups is 1. The van der Waals surface area contributed by atoms with Crippen molar-refractivity contribution in [1.29, 1.82) is 0 Å². The van der Waals surface area contributed by atoms with Crippen LogP contribution in [0.2, 0.25) is 5.02 Å². The molecule has 4 rings (SSSR count). The first-order chi connectivity index (χ1) is 13.1. The van der Waals surface area contributed by atoms with Crippen molar-refractivity contribution in [2.75, 3.05) is 5.32 Å². The molecule has 4 aromatic rings. The number of anilines is 1. The molecule has 0 fully saturated rings. The fraction of sp³-hybridized carbons (Fsp3) is 0.143. The number of hydrogen-bond donors (Lipinski definition) is 2. The molecule has 0 amide bonds. The van der Waals surface area contributed by atoms with Crippen molar-refractivity contribution in [2.24, 2.45) is 0 Å². The lowest BCUT2D eigenvalue weighted by atomic mass is 10.2. The number of nitrogens with zero attached hydrogens (tertiary/aromatic N) is 3. The summed E-state index contributed by atoms with van der Waals surface area (Å²) in [5, 5.41) is 14.2. The van der Waals surface area contributed by atoms with E-state index in [2.05, 4.69) is 27.4 Å². The van der Waals surface area contributed by atoms with Gasteiger partial charge >= 0.3 is 0 Å². The van der Waals surface area contributed by atoms with Crippen molar-refractivity contribution in [1.82, 2.24) is 14.5 Å². The average molecular weight is 379 g/mol. The molecule has 0 saturated heterocycles. The summed E-state index contributed by atoms with van der Waals surface area (Å²) >= 11 is 6.03. The first-order valence-corrected chi connectivity index (χ1v) is 9.05. The van der Waals surface area contributed by atoms with Crippen molar-refractivity contribution in [3.63, 3.8) is 0 Å². The third-order valence-electron chi connectivity index (χ3n) is 4.42. The summed E-state index contributed by atoms with van der Waals surface area (Å²) in [5.74, 6) is 0.196. The lowest BCUT2D eigenvalue weighted by Gasteiger charge is -2.09. The second kappa shape index (κ2) is 7.29. The molecule has 0 saturated carbocycles. The standard InChI is InChI=1S/C21H19ClN4O/c1-14-5-8-21(27)19(25-14)12-26-13-24-18-7-6-15(9-20(18)26)11-23-17-4-2-3-16(22)10-17/h2-10,13,23,27H,11-12H2,1H3. The Bertz CT molecular complexity index is 1110. The number of imidazole rings is 1. The number of benzene rings is 2. The Morgan fingerprint density at radius 2 is 2.00 bits per heavy atom. The van der Waals surface area contributed by atoms with E-state index in [1.807, 2.05) is 41.8 Å². The van der Waals surface area contributed by atoms with E-state index < -0.39 is 0 Å². The zero-order valence-electron chi connectivity index (χ0n) is 14.9. The maximum atomic E-state index is 10.1. The Balaban J connectivity index is 1.58. The highest BCUT2D eigenvalue weighted by Gasteiger charge is 2.09. The van der Waals surface area contributed by atoms with Crippen LogP contribution >= 0.6 is 11.6 Å². The van der Waals surface area contributed by atoms with Crippen LogP contribution in [-0.4, -0.2) is 19.6 Å². The number of aryl methyl sites for hydroxylation is 1. The summed E-state index contributed by atoms with van der Waals surface area (Å²) < 4.78 is 2.00. The molecule has 0 spiro atoms. The number of fused-ring (bicyclic) bond motifs is 1. The fourth-order valence-electron chi connectivity index (χ4n) is 3.02. The van der Waals surface area contributed by atoms with Crippen LogP contribution in [-0.2, 0) is 13.1 Å². The summed E-state index contributed by atoms with van der Waals surface area (Å²) in [6.45, 7) is 3.05. The Hall–Kier alpha value is -3.05. The van der Waals surface area contributed by atoms with E-state index in [4.69, 9.17) is 11.6 Å². The molecule has 136 valence electrons. The van der Waals surface area contributed by atoms with Gasteiger partial charge in [-0.15, -0.1) is 0 Å². The van der Waals surface area contributed by atoms with E-state index >= 15 is 0 Å². The van der Waals surface area contributed by atoms with Crippen LogP contribution < -0.4 is 5.32 Å². The zero-order valence-corrected chi connectivity index (χ0v) is 15.6. The third-order valence-corrected chi connectivity index (χ3v) is 4.65. The highest BCUT2D eigenvalue weighted by Crippen LogP contribution is 2.21. The van der Waals surface area contributed by atoms with Crippen LogP contribution in [0.25, 0.3) is 11.0 Å². The molecule has 2 aromatic heterocycles. The van der Waals surface area contributed by atoms with Crippen molar-refractivity contribution >= 4 is 28.3 Å². The molecule has 0 atom stereocenters. The zero-order chi connectivity index (χ0) is 18.8. The first kappa shape index (κ1) is 17.4. The molecular formula is C21H19ClN4O. The Kier molecular flexibility index (Phi) is 4.69. The normalized spacial score (nSPS) is 11.0. The third kappa shape index (κ3) is 3.88. The molecule has 2 aromatic carbocycles. The van der Waals surface area contributed by atoms with Crippen molar-refractivity contribution < 1.29 is 5.11 Å². The van der Waals surface area contributed by atoms with Gasteiger partial charge in [-0.3, -0.25) is 4.98 Å². The molecule has 27 heavy (non-hydrogen) atoms. The van der Waals surface area contributed by atoms with Gasteiger partial charge in [-0.1, -0.05) is 23.7 Å². The van der Waals surface area contributed by atoms with E-state index in [0.29, 0.717) is 23.8 Å². The van der Waals surface area contributed by atoms with Gasteiger partial charge < -0.3 is 15.0 Å². The second-order valence-electron chi connectivity index (χ2n) is 6.48. The second-order valence-corrected chi connectivity index (χ2v) is 6.91. The van der Waals surface area contributed by atoms with Gasteiger partial charge in [-0.25, -0.2) is 4.98 Å². The summed E-state index contributed by atoms with van der Waals surface area (Å²) in [4.78, 5) is 8.89. The molecule has 2 N–H and O–H groups in total. The van der Waals surface area contributed by atoms with Gasteiger partial charge in [0.1, 0.15) is 11.4 Å². The first-order valence-electron chi connectivity index (χ1n) is 8.67. The Morgan fingerprint density at radius 3 is 2.85 bits per heavy atom. The molecule has 6 heteroatoms. The SMILES string of the molecule is Cc1ccc(O)c(Cn2cnc3ccc(CNc4cccc(Cl)c4)cc32)n1. The highest BCUT2D eigenvalue weighted by molar-refractivity contribution is 6.30. The molecule has 0 radical (unpaired) electrons. The lowest BCUT2D eigenvalue weighted by molar-refractivity contribution is 0.461. The monoisotopic (exact) mass is 378 g/mol. The molecule has 5 nitrogen and oxygen atoms in total. The van der Waals surface area contributed by atoms with E-state index in [-0.39, 0.29) is 5.75 Å². The van der Waals surface area contributed by atoms with Gasteiger partial charge in [0.25, 0.3) is 0 Å². The molecule has 0 unspecified atom stereocenters. The van der Waals surface area contributed by atoms with Crippen LogP contribution in [0.3, 0.4) is 0 Å². The summed E-state index contributed by atoms with van der Waals surface area (Å²) in [6, 6.07) is 17.3.